The van der Waals surface area contributed by atoms with Crippen molar-refractivity contribution in [3.63, 3.8) is 0 Å². The Morgan fingerprint density at radius 2 is 1.71 bits per heavy atom. The molecule has 2 nitrogen and oxygen atoms in total. The van der Waals surface area contributed by atoms with E-state index >= 15 is 0 Å². The van der Waals surface area contributed by atoms with Gasteiger partial charge < -0.3 is 10.2 Å². The van der Waals surface area contributed by atoms with Gasteiger partial charge in [0.2, 0.25) is 0 Å². The second kappa shape index (κ2) is 5.13. The number of rotatable bonds is 1. The van der Waals surface area contributed by atoms with Gasteiger partial charge in [0.25, 0.3) is 0 Å². The van der Waals surface area contributed by atoms with E-state index in [0.717, 1.165) is 17.1 Å². The lowest BCUT2D eigenvalue weighted by Crippen LogP contribution is -2.52. The minimum absolute atomic E-state index is 0.671. The molecule has 1 heterocycles. The molecule has 17 heavy (non-hydrogen) atoms. The van der Waals surface area contributed by atoms with Crippen LogP contribution in [0.3, 0.4) is 0 Å². The van der Waals surface area contributed by atoms with E-state index in [-0.39, 0.29) is 0 Å². The van der Waals surface area contributed by atoms with Crippen molar-refractivity contribution in [2.24, 2.45) is 5.92 Å². The summed E-state index contributed by atoms with van der Waals surface area (Å²) < 4.78 is 0. The first kappa shape index (κ1) is 11.8. The summed E-state index contributed by atoms with van der Waals surface area (Å²) in [6.07, 6.45) is 12.4. The zero-order chi connectivity index (χ0) is 11.7. The Bertz CT molecular complexity index is 286. The van der Waals surface area contributed by atoms with Gasteiger partial charge >= 0.3 is 0 Å². The highest BCUT2D eigenvalue weighted by atomic mass is 32.1. The van der Waals surface area contributed by atoms with Crippen molar-refractivity contribution >= 4 is 17.3 Å². The molecule has 2 saturated carbocycles. The normalized spacial score (nSPS) is 33.8. The maximum Gasteiger partial charge on any atom is 0.169 e. The third-order valence-corrected chi connectivity index (χ3v) is 5.29. The maximum atomic E-state index is 5.65. The molecule has 3 heteroatoms. The summed E-state index contributed by atoms with van der Waals surface area (Å²) in [5, 5.41) is 4.68. The second-order valence-electron chi connectivity index (χ2n) is 6.02. The van der Waals surface area contributed by atoms with Gasteiger partial charge in [-0.05, 0) is 56.7 Å². The zero-order valence-corrected chi connectivity index (χ0v) is 11.5. The Morgan fingerprint density at radius 3 is 2.53 bits per heavy atom. The Hall–Kier alpha value is -0.310. The Labute approximate surface area is 110 Å². The van der Waals surface area contributed by atoms with E-state index in [4.69, 9.17) is 12.2 Å². The predicted octanol–water partition coefficient (Wildman–Crippen LogP) is 3.07. The SMILES string of the molecule is S=C(NC1CCCC1)N1CCCC2CCCC21. The van der Waals surface area contributed by atoms with Gasteiger partial charge in [0.15, 0.2) is 5.11 Å². The van der Waals surface area contributed by atoms with Gasteiger partial charge in [0.1, 0.15) is 0 Å². The van der Waals surface area contributed by atoms with E-state index in [9.17, 15) is 0 Å². The quantitative estimate of drug-likeness (QED) is 0.722. The van der Waals surface area contributed by atoms with Crippen molar-refractivity contribution in [1.29, 1.82) is 0 Å². The molecule has 2 unspecified atom stereocenters. The molecule has 1 N–H and O–H groups in total. The van der Waals surface area contributed by atoms with Crippen molar-refractivity contribution in [2.45, 2.75) is 69.9 Å². The lowest BCUT2D eigenvalue weighted by molar-refractivity contribution is 0.188. The number of hydrogen-bond donors (Lipinski definition) is 1. The molecule has 1 aliphatic heterocycles. The van der Waals surface area contributed by atoms with E-state index in [2.05, 4.69) is 10.2 Å². The minimum Gasteiger partial charge on any atom is -0.360 e. The number of piperidine rings is 1. The molecule has 2 aliphatic carbocycles. The molecule has 0 radical (unpaired) electrons. The summed E-state index contributed by atoms with van der Waals surface area (Å²) in [6, 6.07) is 1.44. The fraction of sp³-hybridized carbons (Fsp3) is 0.929. The van der Waals surface area contributed by atoms with E-state index < -0.39 is 0 Å². The summed E-state index contributed by atoms with van der Waals surface area (Å²) in [5.74, 6) is 0.937. The van der Waals surface area contributed by atoms with E-state index in [1.165, 1.54) is 64.3 Å². The van der Waals surface area contributed by atoms with Crippen molar-refractivity contribution in [2.75, 3.05) is 6.54 Å². The predicted molar refractivity (Wildman–Crippen MR) is 75.1 cm³/mol. The molecule has 0 amide bonds. The van der Waals surface area contributed by atoms with Crippen LogP contribution in [0.4, 0.5) is 0 Å². The van der Waals surface area contributed by atoms with E-state index in [0.29, 0.717) is 6.04 Å². The number of fused-ring (bicyclic) bond motifs is 1. The Kier molecular flexibility index (Phi) is 3.55. The third-order valence-electron chi connectivity index (χ3n) is 4.94. The van der Waals surface area contributed by atoms with Gasteiger partial charge in [-0.2, -0.15) is 0 Å². The highest BCUT2D eigenvalue weighted by Crippen LogP contribution is 2.36. The van der Waals surface area contributed by atoms with Crippen LogP contribution in [0.25, 0.3) is 0 Å². The monoisotopic (exact) mass is 252 g/mol. The van der Waals surface area contributed by atoms with Crippen molar-refractivity contribution in [3.8, 4) is 0 Å². The van der Waals surface area contributed by atoms with Crippen molar-refractivity contribution < 1.29 is 0 Å². The molecular formula is C14H24N2S. The molecule has 2 atom stereocenters. The van der Waals surface area contributed by atoms with Crippen LogP contribution in [0.1, 0.15) is 57.8 Å². The van der Waals surface area contributed by atoms with Crippen LogP contribution in [0.2, 0.25) is 0 Å². The van der Waals surface area contributed by atoms with Gasteiger partial charge in [-0.1, -0.05) is 19.3 Å². The fourth-order valence-electron chi connectivity index (χ4n) is 4.03. The Balaban J connectivity index is 1.59. The highest BCUT2D eigenvalue weighted by molar-refractivity contribution is 7.80. The molecule has 3 rings (SSSR count). The Morgan fingerprint density at radius 1 is 0.941 bits per heavy atom. The molecule has 0 spiro atoms. The van der Waals surface area contributed by atoms with Gasteiger partial charge in [-0.25, -0.2) is 0 Å². The first-order valence-corrected chi connectivity index (χ1v) is 7.82. The molecule has 1 saturated heterocycles. The molecular weight excluding hydrogens is 228 g/mol. The van der Waals surface area contributed by atoms with Crippen LogP contribution in [-0.2, 0) is 0 Å². The number of thiocarbonyl (C=S) groups is 1. The summed E-state index contributed by atoms with van der Waals surface area (Å²) in [4.78, 5) is 2.52. The number of nitrogens with zero attached hydrogens (tertiary/aromatic N) is 1. The fourth-order valence-corrected chi connectivity index (χ4v) is 4.43. The molecule has 0 aromatic carbocycles. The standard InChI is InChI=1S/C14H24N2S/c17-14(15-12-7-1-2-8-12)16-10-4-6-11-5-3-9-13(11)16/h11-13H,1-10H2,(H,15,17). The molecule has 3 fully saturated rings. The largest absolute Gasteiger partial charge is 0.360 e. The minimum atomic E-state index is 0.671. The first-order chi connectivity index (χ1) is 8.34. The smallest absolute Gasteiger partial charge is 0.169 e. The van der Waals surface area contributed by atoms with Gasteiger partial charge in [-0.3, -0.25) is 0 Å². The molecule has 0 aromatic rings. The summed E-state index contributed by atoms with van der Waals surface area (Å²) >= 11 is 5.65. The molecule has 0 aromatic heterocycles. The van der Waals surface area contributed by atoms with Gasteiger partial charge in [0, 0.05) is 18.6 Å². The lowest BCUT2D eigenvalue weighted by Gasteiger charge is -2.40. The lowest BCUT2D eigenvalue weighted by atomic mass is 9.92. The zero-order valence-electron chi connectivity index (χ0n) is 10.7. The third kappa shape index (κ3) is 2.44. The van der Waals surface area contributed by atoms with Crippen LogP contribution in [0.5, 0.6) is 0 Å². The van der Waals surface area contributed by atoms with Crippen LogP contribution >= 0.6 is 12.2 Å². The van der Waals surface area contributed by atoms with Crippen LogP contribution < -0.4 is 5.32 Å². The number of likely N-dealkylation sites (tertiary alicyclic amines) is 1. The van der Waals surface area contributed by atoms with Crippen LogP contribution in [0, 0.1) is 5.92 Å². The highest BCUT2D eigenvalue weighted by Gasteiger charge is 2.36. The van der Waals surface area contributed by atoms with Gasteiger partial charge in [0.05, 0.1) is 0 Å². The summed E-state index contributed by atoms with van der Waals surface area (Å²) in [7, 11) is 0. The van der Waals surface area contributed by atoms with E-state index in [1.54, 1.807) is 0 Å². The summed E-state index contributed by atoms with van der Waals surface area (Å²) in [6.45, 7) is 1.19. The number of hydrogen-bond acceptors (Lipinski definition) is 1. The first-order valence-electron chi connectivity index (χ1n) is 7.42. The molecule has 96 valence electrons. The molecule has 0 bridgehead atoms. The van der Waals surface area contributed by atoms with Crippen LogP contribution in [0.15, 0.2) is 0 Å². The van der Waals surface area contributed by atoms with Crippen LogP contribution in [-0.4, -0.2) is 28.6 Å². The second-order valence-corrected chi connectivity index (χ2v) is 6.41. The average molecular weight is 252 g/mol. The maximum absolute atomic E-state index is 5.65. The topological polar surface area (TPSA) is 15.3 Å². The van der Waals surface area contributed by atoms with Crippen molar-refractivity contribution in [3.05, 3.63) is 0 Å². The summed E-state index contributed by atoms with van der Waals surface area (Å²) in [5.41, 5.74) is 0. The van der Waals surface area contributed by atoms with Crippen molar-refractivity contribution in [1.82, 2.24) is 10.2 Å². The average Bonchev–Trinajstić information content (AvgIpc) is 2.97. The molecule has 3 aliphatic rings. The van der Waals surface area contributed by atoms with E-state index in [1.807, 2.05) is 0 Å². The number of nitrogens with one attached hydrogen (secondary N) is 1. The van der Waals surface area contributed by atoms with Gasteiger partial charge in [-0.15, -0.1) is 0 Å².